The summed E-state index contributed by atoms with van der Waals surface area (Å²) in [4.78, 5) is 9.55. The molecule has 3 heterocycles. The molecule has 36 heavy (non-hydrogen) atoms. The molecule has 0 bridgehead atoms. The first-order chi connectivity index (χ1) is 17.9. The van der Waals surface area contributed by atoms with Gasteiger partial charge in [-0.05, 0) is 53.9 Å². The van der Waals surface area contributed by atoms with Gasteiger partial charge in [-0.1, -0.05) is 60.7 Å². The molecule has 0 aliphatic heterocycles. The maximum atomic E-state index is 6.10. The number of hydrogen-bond acceptors (Lipinski definition) is 3. The lowest BCUT2D eigenvalue weighted by Crippen LogP contribution is -1.96. The van der Waals surface area contributed by atoms with E-state index in [4.69, 9.17) is 14.4 Å². The van der Waals surface area contributed by atoms with E-state index in [1.165, 1.54) is 21.5 Å². The number of rotatable bonds is 2. The van der Waals surface area contributed by atoms with E-state index in [9.17, 15) is 0 Å². The quantitative estimate of drug-likeness (QED) is 0.243. The van der Waals surface area contributed by atoms with E-state index in [0.29, 0.717) is 5.89 Å². The maximum absolute atomic E-state index is 6.10. The van der Waals surface area contributed by atoms with Crippen LogP contribution >= 0.6 is 0 Å². The average molecular weight is 462 g/mol. The Kier molecular flexibility index (Phi) is 3.91. The molecular formula is C32H19N3O. The van der Waals surface area contributed by atoms with Crippen LogP contribution in [-0.4, -0.2) is 14.5 Å². The van der Waals surface area contributed by atoms with Crippen LogP contribution in [0.15, 0.2) is 120 Å². The largest absolute Gasteiger partial charge is 0.436 e. The summed E-state index contributed by atoms with van der Waals surface area (Å²) in [6.45, 7) is 0. The van der Waals surface area contributed by atoms with Gasteiger partial charge < -0.3 is 8.98 Å². The topological polar surface area (TPSA) is 43.9 Å². The molecule has 0 radical (unpaired) electrons. The lowest BCUT2D eigenvalue weighted by molar-refractivity contribution is 0.620. The highest BCUT2D eigenvalue weighted by Crippen LogP contribution is 2.41. The molecule has 8 aromatic rings. The standard InChI is InChI=1S/C32H19N3O/c1-2-12-23-22(11-1)29-24-13-3-5-16-27(24)35(31(29)25-14-8-18-33-30(23)25)21-10-7-9-20(19-21)32-34-26-15-4-6-17-28(26)36-32/h1-19H. The summed E-state index contributed by atoms with van der Waals surface area (Å²) in [7, 11) is 0. The predicted molar refractivity (Wildman–Crippen MR) is 147 cm³/mol. The van der Waals surface area contributed by atoms with E-state index in [1.807, 2.05) is 36.5 Å². The van der Waals surface area contributed by atoms with E-state index in [0.717, 1.165) is 44.3 Å². The molecule has 0 saturated carbocycles. The highest BCUT2D eigenvalue weighted by Gasteiger charge is 2.19. The Morgan fingerprint density at radius 3 is 2.33 bits per heavy atom. The van der Waals surface area contributed by atoms with Crippen LogP contribution in [-0.2, 0) is 0 Å². The zero-order chi connectivity index (χ0) is 23.6. The van der Waals surface area contributed by atoms with Crippen LogP contribution in [0.3, 0.4) is 0 Å². The maximum Gasteiger partial charge on any atom is 0.227 e. The molecule has 168 valence electrons. The SMILES string of the molecule is c1cc(-c2nc3ccccc3o2)cc(-n2c3ccccc3c3c4ccccc4c4ncccc4c32)c1. The molecule has 0 amide bonds. The zero-order valence-corrected chi connectivity index (χ0v) is 19.2. The van der Waals surface area contributed by atoms with Crippen molar-refractivity contribution in [1.29, 1.82) is 0 Å². The predicted octanol–water partition coefficient (Wildman–Crippen LogP) is 8.29. The van der Waals surface area contributed by atoms with Gasteiger partial charge in [-0.3, -0.25) is 4.98 Å². The molecule has 0 spiro atoms. The van der Waals surface area contributed by atoms with Crippen LogP contribution in [0.25, 0.3) is 71.7 Å². The highest BCUT2D eigenvalue weighted by atomic mass is 16.3. The smallest absolute Gasteiger partial charge is 0.227 e. The fourth-order valence-corrected chi connectivity index (χ4v) is 5.53. The number of benzene rings is 5. The Morgan fingerprint density at radius 2 is 1.42 bits per heavy atom. The first kappa shape index (κ1) is 19.4. The Hall–Kier alpha value is -4.96. The van der Waals surface area contributed by atoms with Gasteiger partial charge in [-0.25, -0.2) is 4.98 Å². The lowest BCUT2D eigenvalue weighted by atomic mass is 10.00. The number of para-hydroxylation sites is 3. The summed E-state index contributed by atoms with van der Waals surface area (Å²) in [5.41, 5.74) is 6.98. The molecule has 0 aliphatic carbocycles. The minimum absolute atomic E-state index is 0.621. The van der Waals surface area contributed by atoms with E-state index in [-0.39, 0.29) is 0 Å². The first-order valence-electron chi connectivity index (χ1n) is 12.0. The van der Waals surface area contributed by atoms with Crippen molar-refractivity contribution in [2.45, 2.75) is 0 Å². The molecular weight excluding hydrogens is 442 g/mol. The summed E-state index contributed by atoms with van der Waals surface area (Å²) < 4.78 is 8.45. The van der Waals surface area contributed by atoms with Crippen LogP contribution in [0, 0.1) is 0 Å². The average Bonchev–Trinajstić information content (AvgIpc) is 3.53. The van der Waals surface area contributed by atoms with Gasteiger partial charge in [0.2, 0.25) is 5.89 Å². The Labute approximate surface area is 206 Å². The number of hydrogen-bond donors (Lipinski definition) is 0. The zero-order valence-electron chi connectivity index (χ0n) is 19.2. The number of oxazole rings is 1. The van der Waals surface area contributed by atoms with Crippen LogP contribution in [0.5, 0.6) is 0 Å². The van der Waals surface area contributed by atoms with Crippen LogP contribution in [0.1, 0.15) is 0 Å². The van der Waals surface area contributed by atoms with Crippen molar-refractivity contribution in [1.82, 2.24) is 14.5 Å². The fourth-order valence-electron chi connectivity index (χ4n) is 5.53. The molecule has 0 atom stereocenters. The number of pyridine rings is 1. The molecule has 0 saturated heterocycles. The van der Waals surface area contributed by atoms with Crippen molar-refractivity contribution < 1.29 is 4.42 Å². The van der Waals surface area contributed by atoms with Crippen molar-refractivity contribution in [2.24, 2.45) is 0 Å². The minimum Gasteiger partial charge on any atom is -0.436 e. The summed E-state index contributed by atoms with van der Waals surface area (Å²) >= 11 is 0. The number of aromatic nitrogens is 3. The number of fused-ring (bicyclic) bond motifs is 9. The normalized spacial score (nSPS) is 11.9. The van der Waals surface area contributed by atoms with Gasteiger partial charge in [-0.2, -0.15) is 0 Å². The highest BCUT2D eigenvalue weighted by molar-refractivity contribution is 6.31. The van der Waals surface area contributed by atoms with Crippen molar-refractivity contribution in [3.8, 4) is 17.1 Å². The fraction of sp³-hybridized carbons (Fsp3) is 0. The van der Waals surface area contributed by atoms with E-state index in [2.05, 4.69) is 83.4 Å². The molecule has 0 fully saturated rings. The molecule has 0 aliphatic rings. The van der Waals surface area contributed by atoms with E-state index in [1.54, 1.807) is 0 Å². The van der Waals surface area contributed by atoms with Gasteiger partial charge in [0.15, 0.2) is 5.58 Å². The number of nitrogens with zero attached hydrogens (tertiary/aromatic N) is 3. The molecule has 8 rings (SSSR count). The second-order valence-electron chi connectivity index (χ2n) is 9.06. The first-order valence-corrected chi connectivity index (χ1v) is 12.0. The van der Waals surface area contributed by atoms with Gasteiger partial charge in [0.1, 0.15) is 5.52 Å². The van der Waals surface area contributed by atoms with E-state index >= 15 is 0 Å². The summed E-state index contributed by atoms with van der Waals surface area (Å²) in [6.07, 6.45) is 1.88. The monoisotopic (exact) mass is 461 g/mol. The van der Waals surface area contributed by atoms with Crippen LogP contribution < -0.4 is 0 Å². The van der Waals surface area contributed by atoms with Crippen LogP contribution in [0.2, 0.25) is 0 Å². The molecule has 0 N–H and O–H groups in total. The van der Waals surface area contributed by atoms with Crippen molar-refractivity contribution in [2.75, 3.05) is 0 Å². The molecule has 0 unspecified atom stereocenters. The second kappa shape index (κ2) is 7.27. The van der Waals surface area contributed by atoms with Gasteiger partial charge >= 0.3 is 0 Å². The van der Waals surface area contributed by atoms with Gasteiger partial charge in [0.25, 0.3) is 0 Å². The van der Waals surface area contributed by atoms with Gasteiger partial charge in [0.05, 0.1) is 16.6 Å². The second-order valence-corrected chi connectivity index (χ2v) is 9.06. The van der Waals surface area contributed by atoms with Crippen molar-refractivity contribution in [3.05, 3.63) is 115 Å². The third-order valence-electron chi connectivity index (χ3n) is 7.03. The summed E-state index contributed by atoms with van der Waals surface area (Å²) in [6, 6.07) is 37.7. The van der Waals surface area contributed by atoms with Crippen LogP contribution in [0.4, 0.5) is 0 Å². The molecule has 5 aromatic carbocycles. The van der Waals surface area contributed by atoms with Crippen molar-refractivity contribution >= 4 is 54.6 Å². The Balaban J connectivity index is 1.51. The molecule has 3 aromatic heterocycles. The summed E-state index contributed by atoms with van der Waals surface area (Å²) in [5.74, 6) is 0.621. The third-order valence-corrected chi connectivity index (χ3v) is 7.03. The summed E-state index contributed by atoms with van der Waals surface area (Å²) in [5, 5.41) is 5.98. The van der Waals surface area contributed by atoms with Crippen molar-refractivity contribution in [3.63, 3.8) is 0 Å². The minimum atomic E-state index is 0.621. The van der Waals surface area contributed by atoms with E-state index < -0.39 is 0 Å². The lowest BCUT2D eigenvalue weighted by Gasteiger charge is -2.12. The van der Waals surface area contributed by atoms with Gasteiger partial charge in [-0.15, -0.1) is 0 Å². The third kappa shape index (κ3) is 2.64. The van der Waals surface area contributed by atoms with Gasteiger partial charge in [0, 0.05) is 39.0 Å². The molecule has 4 nitrogen and oxygen atoms in total. The molecule has 4 heteroatoms. The Bertz CT molecular complexity index is 2080. The Morgan fingerprint density at radius 1 is 0.639 bits per heavy atom.